The Kier molecular flexibility index (Phi) is 5.51. The fraction of sp³-hybridized carbons (Fsp3) is 0.368. The van der Waals surface area contributed by atoms with Gasteiger partial charge in [0.1, 0.15) is 17.4 Å². The zero-order chi connectivity index (χ0) is 18.6. The molecule has 2 aromatic rings. The maximum atomic E-state index is 11.8. The van der Waals surface area contributed by atoms with E-state index in [2.05, 4.69) is 5.32 Å². The van der Waals surface area contributed by atoms with E-state index in [-0.39, 0.29) is 6.42 Å². The lowest BCUT2D eigenvalue weighted by atomic mass is 10.0. The van der Waals surface area contributed by atoms with Crippen LogP contribution in [0.4, 0.5) is 4.79 Å². The highest BCUT2D eigenvalue weighted by Crippen LogP contribution is 2.22. The number of rotatable bonds is 5. The third-order valence-electron chi connectivity index (χ3n) is 3.54. The molecule has 0 spiro atoms. The molecule has 25 heavy (non-hydrogen) atoms. The highest BCUT2D eigenvalue weighted by molar-refractivity contribution is 5.85. The summed E-state index contributed by atoms with van der Waals surface area (Å²) in [5, 5.41) is 13.8. The zero-order valence-electron chi connectivity index (χ0n) is 14.8. The van der Waals surface area contributed by atoms with Crippen LogP contribution in [0.5, 0.6) is 5.75 Å². The van der Waals surface area contributed by atoms with Gasteiger partial charge in [-0.15, -0.1) is 0 Å². The second-order valence-electron chi connectivity index (χ2n) is 6.79. The molecule has 0 saturated carbocycles. The molecule has 1 atom stereocenters. The molecule has 0 aliphatic carbocycles. The van der Waals surface area contributed by atoms with Gasteiger partial charge in [-0.3, -0.25) is 0 Å². The number of carbonyl (C=O) groups is 2. The molecule has 0 aliphatic heterocycles. The van der Waals surface area contributed by atoms with Gasteiger partial charge in [0, 0.05) is 6.42 Å². The minimum absolute atomic E-state index is 0.163. The Balaban J connectivity index is 2.15. The van der Waals surface area contributed by atoms with E-state index in [4.69, 9.17) is 9.47 Å². The summed E-state index contributed by atoms with van der Waals surface area (Å²) in [6, 6.07) is 10.3. The van der Waals surface area contributed by atoms with E-state index in [1.54, 1.807) is 27.9 Å². The first kappa shape index (κ1) is 18.6. The average molecular weight is 345 g/mol. The molecular formula is C19H23NO5. The number of carboxylic acid groups (broad SMARTS) is 1. The van der Waals surface area contributed by atoms with Gasteiger partial charge in [-0.1, -0.05) is 24.3 Å². The number of nitrogens with one attached hydrogen (secondary N) is 1. The van der Waals surface area contributed by atoms with Crippen LogP contribution in [0.2, 0.25) is 0 Å². The summed E-state index contributed by atoms with van der Waals surface area (Å²) in [5.74, 6) is -0.351. The fourth-order valence-electron chi connectivity index (χ4n) is 2.41. The van der Waals surface area contributed by atoms with Crippen molar-refractivity contribution in [2.24, 2.45) is 0 Å². The smallest absolute Gasteiger partial charge is 0.408 e. The lowest BCUT2D eigenvalue weighted by Gasteiger charge is -2.22. The average Bonchev–Trinajstić information content (AvgIpc) is 2.51. The second kappa shape index (κ2) is 7.42. The molecule has 0 aliphatic rings. The minimum Gasteiger partial charge on any atom is -0.497 e. The van der Waals surface area contributed by atoms with Crippen LogP contribution in [-0.2, 0) is 16.0 Å². The van der Waals surface area contributed by atoms with Crippen molar-refractivity contribution in [1.29, 1.82) is 0 Å². The standard InChI is InChI=1S/C19H23NO5/c1-19(2,3)25-18(23)20-16(17(21)22)10-12-5-6-14-11-15(24-4)8-7-13(14)9-12/h5-9,11,16H,10H2,1-4H3,(H,20,23)(H,21,22)/t16-/m1/s1. The number of ether oxygens (including phenoxy) is 2. The summed E-state index contributed by atoms with van der Waals surface area (Å²) in [5.41, 5.74) is 0.121. The minimum atomic E-state index is -1.11. The van der Waals surface area contributed by atoms with Crippen LogP contribution in [0.1, 0.15) is 26.3 Å². The molecule has 0 saturated heterocycles. The summed E-state index contributed by atoms with van der Waals surface area (Å²) in [7, 11) is 1.61. The second-order valence-corrected chi connectivity index (χ2v) is 6.79. The van der Waals surface area contributed by atoms with Crippen LogP contribution in [0.3, 0.4) is 0 Å². The van der Waals surface area contributed by atoms with Gasteiger partial charge >= 0.3 is 12.1 Å². The molecule has 0 aromatic heterocycles. The Morgan fingerprint density at radius 1 is 1.12 bits per heavy atom. The maximum Gasteiger partial charge on any atom is 0.408 e. The Morgan fingerprint density at radius 3 is 2.36 bits per heavy atom. The number of hydrogen-bond donors (Lipinski definition) is 2. The van der Waals surface area contributed by atoms with Crippen LogP contribution in [0.15, 0.2) is 36.4 Å². The molecule has 0 radical (unpaired) electrons. The van der Waals surface area contributed by atoms with Gasteiger partial charge in [-0.2, -0.15) is 0 Å². The van der Waals surface area contributed by atoms with Crippen molar-refractivity contribution in [2.75, 3.05) is 7.11 Å². The molecule has 0 bridgehead atoms. The Morgan fingerprint density at radius 2 is 1.76 bits per heavy atom. The topological polar surface area (TPSA) is 84.9 Å². The molecule has 0 unspecified atom stereocenters. The highest BCUT2D eigenvalue weighted by atomic mass is 16.6. The van der Waals surface area contributed by atoms with Crippen LogP contribution < -0.4 is 10.1 Å². The maximum absolute atomic E-state index is 11.8. The predicted molar refractivity (Wildman–Crippen MR) is 95.0 cm³/mol. The molecular weight excluding hydrogens is 322 g/mol. The van der Waals surface area contributed by atoms with E-state index in [1.165, 1.54) is 0 Å². The first-order chi connectivity index (χ1) is 11.7. The van der Waals surface area contributed by atoms with Gasteiger partial charge in [0.25, 0.3) is 0 Å². The number of aliphatic carboxylic acids is 1. The number of methoxy groups -OCH3 is 1. The number of fused-ring (bicyclic) bond motifs is 1. The summed E-state index contributed by atoms with van der Waals surface area (Å²) in [6.45, 7) is 5.17. The van der Waals surface area contributed by atoms with Gasteiger partial charge in [0.2, 0.25) is 0 Å². The number of hydrogen-bond acceptors (Lipinski definition) is 4. The lowest BCUT2D eigenvalue weighted by Crippen LogP contribution is -2.44. The molecule has 2 N–H and O–H groups in total. The van der Waals surface area contributed by atoms with Crippen LogP contribution in [-0.4, -0.2) is 35.9 Å². The van der Waals surface area contributed by atoms with Crippen molar-refractivity contribution in [3.8, 4) is 5.75 Å². The van der Waals surface area contributed by atoms with E-state index in [0.29, 0.717) is 0 Å². The predicted octanol–water partition coefficient (Wildman–Crippen LogP) is 3.37. The number of benzene rings is 2. The lowest BCUT2D eigenvalue weighted by molar-refractivity contribution is -0.139. The summed E-state index contributed by atoms with van der Waals surface area (Å²) < 4.78 is 10.3. The molecule has 6 nitrogen and oxygen atoms in total. The SMILES string of the molecule is COc1ccc2cc(C[C@@H](NC(=O)OC(C)(C)C)C(=O)O)ccc2c1. The Hall–Kier alpha value is -2.76. The first-order valence-electron chi connectivity index (χ1n) is 7.97. The molecule has 1 amide bonds. The largest absolute Gasteiger partial charge is 0.497 e. The van der Waals surface area contributed by atoms with E-state index in [1.807, 2.05) is 36.4 Å². The normalized spacial score (nSPS) is 12.5. The summed E-state index contributed by atoms with van der Waals surface area (Å²) in [4.78, 5) is 23.3. The Bertz CT molecular complexity index is 779. The Labute approximate surface area is 146 Å². The summed E-state index contributed by atoms with van der Waals surface area (Å²) in [6.07, 6.45) is -0.582. The van der Waals surface area contributed by atoms with Crippen molar-refractivity contribution < 1.29 is 24.2 Å². The molecule has 2 aromatic carbocycles. The molecule has 2 rings (SSSR count). The van der Waals surface area contributed by atoms with Crippen molar-refractivity contribution >= 4 is 22.8 Å². The quantitative estimate of drug-likeness (QED) is 0.868. The van der Waals surface area contributed by atoms with E-state index >= 15 is 0 Å². The van der Waals surface area contributed by atoms with Crippen LogP contribution in [0, 0.1) is 0 Å². The highest BCUT2D eigenvalue weighted by Gasteiger charge is 2.24. The molecule has 0 heterocycles. The molecule has 6 heteroatoms. The first-order valence-corrected chi connectivity index (χ1v) is 7.97. The van der Waals surface area contributed by atoms with E-state index < -0.39 is 23.7 Å². The number of alkyl carbamates (subject to hydrolysis) is 1. The van der Waals surface area contributed by atoms with Gasteiger partial charge < -0.3 is 19.9 Å². The zero-order valence-corrected chi connectivity index (χ0v) is 14.8. The number of carboxylic acids is 1. The van der Waals surface area contributed by atoms with Crippen LogP contribution in [0.25, 0.3) is 10.8 Å². The van der Waals surface area contributed by atoms with E-state index in [0.717, 1.165) is 22.1 Å². The third kappa shape index (κ3) is 5.38. The molecule has 134 valence electrons. The van der Waals surface area contributed by atoms with Gasteiger partial charge in [0.15, 0.2) is 0 Å². The van der Waals surface area contributed by atoms with Crippen LogP contribution >= 0.6 is 0 Å². The summed E-state index contributed by atoms with van der Waals surface area (Å²) >= 11 is 0. The van der Waals surface area contributed by atoms with Gasteiger partial charge in [-0.25, -0.2) is 9.59 Å². The van der Waals surface area contributed by atoms with Crippen molar-refractivity contribution in [1.82, 2.24) is 5.32 Å². The van der Waals surface area contributed by atoms with Crippen molar-refractivity contribution in [3.63, 3.8) is 0 Å². The number of amides is 1. The van der Waals surface area contributed by atoms with Crippen molar-refractivity contribution in [3.05, 3.63) is 42.0 Å². The number of carbonyl (C=O) groups excluding carboxylic acids is 1. The van der Waals surface area contributed by atoms with Gasteiger partial charge in [-0.05, 0) is 49.2 Å². The monoisotopic (exact) mass is 345 g/mol. The van der Waals surface area contributed by atoms with E-state index in [9.17, 15) is 14.7 Å². The molecule has 0 fully saturated rings. The van der Waals surface area contributed by atoms with Crippen molar-refractivity contribution in [2.45, 2.75) is 38.8 Å². The van der Waals surface area contributed by atoms with Gasteiger partial charge in [0.05, 0.1) is 7.11 Å². The third-order valence-corrected chi connectivity index (χ3v) is 3.54. The fourth-order valence-corrected chi connectivity index (χ4v) is 2.41.